The summed E-state index contributed by atoms with van der Waals surface area (Å²) in [5.74, 6) is 0.599. The van der Waals surface area contributed by atoms with Crippen LogP contribution in [0.2, 0.25) is 0 Å². The van der Waals surface area contributed by atoms with E-state index in [1.165, 1.54) is 0 Å². The Kier molecular flexibility index (Phi) is 5.34. The van der Waals surface area contributed by atoms with Crippen molar-refractivity contribution in [3.05, 3.63) is 29.3 Å². The van der Waals surface area contributed by atoms with E-state index in [1.807, 2.05) is 12.1 Å². The fourth-order valence-electron chi connectivity index (χ4n) is 1.39. The number of aliphatic hydroxyl groups excluding tert-OH is 1. The number of nitrogens with zero attached hydrogens (tertiary/aromatic N) is 1. The Morgan fingerprint density at radius 3 is 2.94 bits per heavy atom. The second-order valence-electron chi connectivity index (χ2n) is 3.40. The fourth-order valence-corrected chi connectivity index (χ4v) is 1.39. The summed E-state index contributed by atoms with van der Waals surface area (Å²) in [6, 6.07) is 7.62. The summed E-state index contributed by atoms with van der Waals surface area (Å²) in [4.78, 5) is 0. The highest BCUT2D eigenvalue weighted by Crippen LogP contribution is 2.18. The standard InChI is InChI=1S/C12H16N2O2/c1-16-12-4-3-10(7-11(12)8-13)9-14-5-2-6-15/h3-4,7,14-15H,2,5-6,9H2,1H3. The first-order valence-electron chi connectivity index (χ1n) is 5.20. The molecule has 0 bridgehead atoms. The van der Waals surface area contributed by atoms with Crippen molar-refractivity contribution in [3.63, 3.8) is 0 Å². The minimum absolute atomic E-state index is 0.194. The molecule has 0 aliphatic heterocycles. The molecule has 1 rings (SSSR count). The summed E-state index contributed by atoms with van der Waals surface area (Å²) in [5.41, 5.74) is 1.58. The Bertz CT molecular complexity index is 372. The molecule has 1 aromatic carbocycles. The number of benzene rings is 1. The summed E-state index contributed by atoms with van der Waals surface area (Å²) in [6.07, 6.45) is 0.737. The van der Waals surface area contributed by atoms with Crippen molar-refractivity contribution in [1.82, 2.24) is 5.32 Å². The van der Waals surface area contributed by atoms with E-state index >= 15 is 0 Å². The summed E-state index contributed by atoms with van der Waals surface area (Å²) >= 11 is 0. The Balaban J connectivity index is 2.58. The molecule has 0 amide bonds. The van der Waals surface area contributed by atoms with E-state index in [4.69, 9.17) is 15.1 Å². The predicted molar refractivity (Wildman–Crippen MR) is 61.1 cm³/mol. The average Bonchev–Trinajstić information content (AvgIpc) is 2.34. The molecular formula is C12H16N2O2. The van der Waals surface area contributed by atoms with Gasteiger partial charge in [-0.2, -0.15) is 5.26 Å². The first-order chi connectivity index (χ1) is 7.81. The number of rotatable bonds is 6. The van der Waals surface area contributed by atoms with E-state index in [-0.39, 0.29) is 6.61 Å². The lowest BCUT2D eigenvalue weighted by Crippen LogP contribution is -2.15. The maximum atomic E-state index is 8.90. The largest absolute Gasteiger partial charge is 0.495 e. The Morgan fingerprint density at radius 2 is 2.31 bits per heavy atom. The number of methoxy groups -OCH3 is 1. The molecule has 0 aliphatic rings. The molecule has 4 heteroatoms. The molecule has 0 atom stereocenters. The minimum Gasteiger partial charge on any atom is -0.495 e. The zero-order valence-electron chi connectivity index (χ0n) is 9.36. The molecule has 16 heavy (non-hydrogen) atoms. The molecule has 0 saturated heterocycles. The third-order valence-corrected chi connectivity index (χ3v) is 2.23. The van der Waals surface area contributed by atoms with Crippen molar-refractivity contribution in [1.29, 1.82) is 5.26 Å². The summed E-state index contributed by atoms with van der Waals surface area (Å²) in [5, 5.41) is 20.7. The quantitative estimate of drug-likeness (QED) is 0.703. The predicted octanol–water partition coefficient (Wildman–Crippen LogP) is 1.04. The highest BCUT2D eigenvalue weighted by atomic mass is 16.5. The van der Waals surface area contributed by atoms with Gasteiger partial charge in [-0.25, -0.2) is 0 Å². The fraction of sp³-hybridized carbons (Fsp3) is 0.417. The molecule has 0 fully saturated rings. The van der Waals surface area contributed by atoms with Crippen LogP contribution in [0.25, 0.3) is 0 Å². The maximum Gasteiger partial charge on any atom is 0.136 e. The van der Waals surface area contributed by atoms with E-state index in [0.717, 1.165) is 18.5 Å². The monoisotopic (exact) mass is 220 g/mol. The Hall–Kier alpha value is -1.57. The normalized spacial score (nSPS) is 9.81. The van der Waals surface area contributed by atoms with Crippen LogP contribution in [-0.2, 0) is 6.54 Å². The lowest BCUT2D eigenvalue weighted by atomic mass is 10.1. The summed E-state index contributed by atoms with van der Waals surface area (Å²) in [7, 11) is 1.55. The zero-order valence-corrected chi connectivity index (χ0v) is 9.36. The minimum atomic E-state index is 0.194. The van der Waals surface area contributed by atoms with Gasteiger partial charge in [0, 0.05) is 13.2 Å². The molecule has 0 aliphatic carbocycles. The SMILES string of the molecule is COc1ccc(CNCCCO)cc1C#N. The van der Waals surface area contributed by atoms with E-state index < -0.39 is 0 Å². The van der Waals surface area contributed by atoms with E-state index in [1.54, 1.807) is 13.2 Å². The van der Waals surface area contributed by atoms with Gasteiger partial charge in [0.2, 0.25) is 0 Å². The van der Waals surface area contributed by atoms with Crippen LogP contribution in [0.1, 0.15) is 17.5 Å². The second-order valence-corrected chi connectivity index (χ2v) is 3.40. The molecule has 2 N–H and O–H groups in total. The molecule has 0 spiro atoms. The number of hydrogen-bond donors (Lipinski definition) is 2. The van der Waals surface area contributed by atoms with Crippen LogP contribution >= 0.6 is 0 Å². The molecule has 0 saturated carbocycles. The van der Waals surface area contributed by atoms with Gasteiger partial charge in [0.15, 0.2) is 0 Å². The summed E-state index contributed by atoms with van der Waals surface area (Å²) < 4.78 is 5.06. The van der Waals surface area contributed by atoms with Gasteiger partial charge in [0.05, 0.1) is 12.7 Å². The number of nitrogens with one attached hydrogen (secondary N) is 1. The van der Waals surface area contributed by atoms with E-state index in [9.17, 15) is 0 Å². The van der Waals surface area contributed by atoms with Gasteiger partial charge in [-0.1, -0.05) is 6.07 Å². The number of aliphatic hydroxyl groups is 1. The maximum absolute atomic E-state index is 8.90. The van der Waals surface area contributed by atoms with Crippen molar-refractivity contribution in [2.45, 2.75) is 13.0 Å². The molecule has 4 nitrogen and oxygen atoms in total. The lowest BCUT2D eigenvalue weighted by molar-refractivity contribution is 0.286. The van der Waals surface area contributed by atoms with Crippen LogP contribution < -0.4 is 10.1 Å². The van der Waals surface area contributed by atoms with E-state index in [2.05, 4.69) is 11.4 Å². The van der Waals surface area contributed by atoms with E-state index in [0.29, 0.717) is 17.9 Å². The smallest absolute Gasteiger partial charge is 0.136 e. The molecule has 0 aromatic heterocycles. The average molecular weight is 220 g/mol. The third kappa shape index (κ3) is 3.54. The third-order valence-electron chi connectivity index (χ3n) is 2.23. The van der Waals surface area contributed by atoms with Crippen molar-refractivity contribution in [3.8, 4) is 11.8 Å². The summed E-state index contributed by atoms with van der Waals surface area (Å²) in [6.45, 7) is 1.65. The van der Waals surface area contributed by atoms with Gasteiger partial charge in [0.25, 0.3) is 0 Å². The van der Waals surface area contributed by atoms with Gasteiger partial charge in [-0.05, 0) is 30.7 Å². The van der Waals surface area contributed by atoms with Gasteiger partial charge in [0.1, 0.15) is 11.8 Å². The number of ether oxygens (including phenoxy) is 1. The van der Waals surface area contributed by atoms with Gasteiger partial charge in [-0.15, -0.1) is 0 Å². The molecular weight excluding hydrogens is 204 g/mol. The first kappa shape index (κ1) is 12.5. The van der Waals surface area contributed by atoms with Gasteiger partial charge >= 0.3 is 0 Å². The van der Waals surface area contributed by atoms with Gasteiger partial charge in [-0.3, -0.25) is 0 Å². The zero-order chi connectivity index (χ0) is 11.8. The Morgan fingerprint density at radius 1 is 1.50 bits per heavy atom. The van der Waals surface area contributed by atoms with Crippen LogP contribution in [-0.4, -0.2) is 25.4 Å². The molecule has 0 unspecified atom stereocenters. The van der Waals surface area contributed by atoms with Crippen LogP contribution in [0.4, 0.5) is 0 Å². The molecule has 1 aromatic rings. The van der Waals surface area contributed by atoms with Gasteiger partial charge < -0.3 is 15.2 Å². The van der Waals surface area contributed by atoms with Crippen LogP contribution in [0.15, 0.2) is 18.2 Å². The molecule has 0 heterocycles. The van der Waals surface area contributed by atoms with Crippen molar-refractivity contribution in [2.24, 2.45) is 0 Å². The van der Waals surface area contributed by atoms with Crippen LogP contribution in [0, 0.1) is 11.3 Å². The number of hydrogen-bond acceptors (Lipinski definition) is 4. The molecule has 0 radical (unpaired) electrons. The van der Waals surface area contributed by atoms with Crippen molar-refractivity contribution >= 4 is 0 Å². The van der Waals surface area contributed by atoms with Crippen LogP contribution in [0.3, 0.4) is 0 Å². The first-order valence-corrected chi connectivity index (χ1v) is 5.20. The second kappa shape index (κ2) is 6.83. The highest BCUT2D eigenvalue weighted by Gasteiger charge is 2.02. The Labute approximate surface area is 95.5 Å². The van der Waals surface area contributed by atoms with Crippen molar-refractivity contribution < 1.29 is 9.84 Å². The molecule has 86 valence electrons. The lowest BCUT2D eigenvalue weighted by Gasteiger charge is -2.07. The van der Waals surface area contributed by atoms with Crippen molar-refractivity contribution in [2.75, 3.05) is 20.3 Å². The number of nitriles is 1. The van der Waals surface area contributed by atoms with Crippen LogP contribution in [0.5, 0.6) is 5.75 Å². The highest BCUT2D eigenvalue weighted by molar-refractivity contribution is 5.45. The topological polar surface area (TPSA) is 65.3 Å².